The molecule has 0 spiro atoms. The normalized spacial score (nSPS) is 26.6. The van der Waals surface area contributed by atoms with Crippen LogP contribution in [-0.4, -0.2) is 41.1 Å². The first-order chi connectivity index (χ1) is 10.9. The number of carboxylic acids is 1. The molecule has 0 aromatic heterocycles. The lowest BCUT2D eigenvalue weighted by Crippen LogP contribution is -2.49. The van der Waals surface area contributed by atoms with Gasteiger partial charge in [-0.25, -0.2) is 0 Å². The smallest absolute Gasteiger partial charge is 0.306 e. The maximum absolute atomic E-state index is 12.7. The van der Waals surface area contributed by atoms with Gasteiger partial charge in [0.05, 0.1) is 5.92 Å². The third kappa shape index (κ3) is 2.92. The first kappa shape index (κ1) is 15.8. The molecule has 3 atom stereocenters. The SMILES string of the molecule is Cc1cc2c(cc1C)OC(C(=O)N1CCC(C(=O)O)C(C)C1)C2. The molecule has 23 heavy (non-hydrogen) atoms. The number of carbonyl (C=O) groups excluding carboxylic acids is 1. The van der Waals surface area contributed by atoms with E-state index < -0.39 is 12.1 Å². The molecule has 1 aromatic rings. The van der Waals surface area contributed by atoms with Crippen molar-refractivity contribution in [1.29, 1.82) is 0 Å². The van der Waals surface area contributed by atoms with Crippen LogP contribution in [0.15, 0.2) is 12.1 Å². The summed E-state index contributed by atoms with van der Waals surface area (Å²) < 4.78 is 5.86. The Kier molecular flexibility index (Phi) is 4.04. The first-order valence-electron chi connectivity index (χ1n) is 8.15. The molecule has 124 valence electrons. The lowest BCUT2D eigenvalue weighted by atomic mass is 9.87. The van der Waals surface area contributed by atoms with E-state index in [9.17, 15) is 14.7 Å². The summed E-state index contributed by atoms with van der Waals surface area (Å²) in [6.07, 6.45) is 0.641. The summed E-state index contributed by atoms with van der Waals surface area (Å²) in [5, 5.41) is 9.19. The van der Waals surface area contributed by atoms with Gasteiger partial charge in [-0.05, 0) is 48.9 Å². The van der Waals surface area contributed by atoms with Gasteiger partial charge in [-0.2, -0.15) is 0 Å². The van der Waals surface area contributed by atoms with Crippen LogP contribution in [0.4, 0.5) is 0 Å². The van der Waals surface area contributed by atoms with Crippen LogP contribution in [0.2, 0.25) is 0 Å². The van der Waals surface area contributed by atoms with E-state index in [0.717, 1.165) is 16.9 Å². The molecule has 5 nitrogen and oxygen atoms in total. The second-order valence-electron chi connectivity index (χ2n) is 6.85. The number of nitrogens with zero attached hydrogens (tertiary/aromatic N) is 1. The van der Waals surface area contributed by atoms with Crippen molar-refractivity contribution < 1.29 is 19.4 Å². The minimum absolute atomic E-state index is 0.0211. The summed E-state index contributed by atoms with van der Waals surface area (Å²) in [4.78, 5) is 25.7. The monoisotopic (exact) mass is 317 g/mol. The third-order valence-electron chi connectivity index (χ3n) is 5.16. The first-order valence-corrected chi connectivity index (χ1v) is 8.15. The Morgan fingerprint density at radius 3 is 2.61 bits per heavy atom. The highest BCUT2D eigenvalue weighted by Gasteiger charge is 2.38. The van der Waals surface area contributed by atoms with Crippen molar-refractivity contribution in [1.82, 2.24) is 4.90 Å². The highest BCUT2D eigenvalue weighted by Crippen LogP contribution is 2.33. The number of carboxylic acid groups (broad SMARTS) is 1. The van der Waals surface area contributed by atoms with E-state index in [1.54, 1.807) is 4.90 Å². The number of aryl methyl sites for hydroxylation is 2. The van der Waals surface area contributed by atoms with Gasteiger partial charge < -0.3 is 14.7 Å². The van der Waals surface area contributed by atoms with Gasteiger partial charge in [-0.1, -0.05) is 13.0 Å². The molecule has 1 N–H and O–H groups in total. The van der Waals surface area contributed by atoms with Gasteiger partial charge >= 0.3 is 5.97 Å². The highest BCUT2D eigenvalue weighted by molar-refractivity contribution is 5.83. The minimum Gasteiger partial charge on any atom is -0.481 e. The Bertz CT molecular complexity index is 624. The van der Waals surface area contributed by atoms with Crippen LogP contribution >= 0.6 is 0 Å². The van der Waals surface area contributed by atoms with Crippen molar-refractivity contribution in [3.8, 4) is 5.75 Å². The third-order valence-corrected chi connectivity index (χ3v) is 5.16. The number of piperidine rings is 1. The van der Waals surface area contributed by atoms with E-state index >= 15 is 0 Å². The molecule has 1 fully saturated rings. The number of fused-ring (bicyclic) bond motifs is 1. The number of carbonyl (C=O) groups is 2. The zero-order valence-electron chi connectivity index (χ0n) is 13.8. The van der Waals surface area contributed by atoms with Crippen molar-refractivity contribution in [2.75, 3.05) is 13.1 Å². The van der Waals surface area contributed by atoms with Gasteiger partial charge in [0.15, 0.2) is 6.10 Å². The average molecular weight is 317 g/mol. The molecule has 0 saturated carbocycles. The summed E-state index contributed by atoms with van der Waals surface area (Å²) in [5.74, 6) is -0.364. The van der Waals surface area contributed by atoms with E-state index in [1.807, 2.05) is 19.9 Å². The zero-order chi connectivity index (χ0) is 16.7. The Morgan fingerprint density at radius 1 is 1.26 bits per heavy atom. The Balaban J connectivity index is 1.68. The summed E-state index contributed by atoms with van der Waals surface area (Å²) in [6.45, 7) is 6.98. The van der Waals surface area contributed by atoms with Crippen LogP contribution in [0, 0.1) is 25.7 Å². The molecule has 3 unspecified atom stereocenters. The second-order valence-corrected chi connectivity index (χ2v) is 6.85. The van der Waals surface area contributed by atoms with Gasteiger partial charge in [0.1, 0.15) is 5.75 Å². The molecule has 0 bridgehead atoms. The van der Waals surface area contributed by atoms with Gasteiger partial charge in [-0.15, -0.1) is 0 Å². The van der Waals surface area contributed by atoms with E-state index in [-0.39, 0.29) is 17.7 Å². The maximum Gasteiger partial charge on any atom is 0.306 e. The van der Waals surface area contributed by atoms with Crippen LogP contribution in [0.25, 0.3) is 0 Å². The summed E-state index contributed by atoms with van der Waals surface area (Å²) in [5.41, 5.74) is 3.45. The van der Waals surface area contributed by atoms with Crippen LogP contribution in [0.3, 0.4) is 0 Å². The number of likely N-dealkylation sites (tertiary alicyclic amines) is 1. The molecule has 1 saturated heterocycles. The Labute approximate surface area is 136 Å². The minimum atomic E-state index is -0.764. The predicted molar refractivity (Wildman–Crippen MR) is 85.5 cm³/mol. The topological polar surface area (TPSA) is 66.8 Å². The van der Waals surface area contributed by atoms with Gasteiger partial charge in [0.2, 0.25) is 0 Å². The standard InChI is InChI=1S/C18H23NO4/c1-10-6-13-8-16(23-15(13)7-11(10)2)17(20)19-5-4-14(18(21)22)12(3)9-19/h6-7,12,14,16H,4-5,8-9H2,1-3H3,(H,21,22). The van der Waals surface area contributed by atoms with Gasteiger partial charge in [0.25, 0.3) is 5.91 Å². The molecule has 5 heteroatoms. The highest BCUT2D eigenvalue weighted by atomic mass is 16.5. The van der Waals surface area contributed by atoms with Crippen molar-refractivity contribution in [2.45, 2.75) is 39.7 Å². The summed E-state index contributed by atoms with van der Waals surface area (Å²) in [6, 6.07) is 4.09. The van der Waals surface area contributed by atoms with Crippen molar-refractivity contribution in [3.05, 3.63) is 28.8 Å². The molecular formula is C18H23NO4. The molecular weight excluding hydrogens is 294 g/mol. The van der Waals surface area contributed by atoms with Crippen LogP contribution in [-0.2, 0) is 16.0 Å². The number of aliphatic carboxylic acids is 1. The van der Waals surface area contributed by atoms with Crippen molar-refractivity contribution in [3.63, 3.8) is 0 Å². The lowest BCUT2D eigenvalue weighted by Gasteiger charge is -2.35. The maximum atomic E-state index is 12.7. The van der Waals surface area contributed by atoms with E-state index in [4.69, 9.17) is 4.74 Å². The van der Waals surface area contributed by atoms with Crippen LogP contribution in [0.5, 0.6) is 5.75 Å². The number of hydrogen-bond donors (Lipinski definition) is 1. The van der Waals surface area contributed by atoms with E-state index in [1.165, 1.54) is 5.56 Å². The summed E-state index contributed by atoms with van der Waals surface area (Å²) in [7, 11) is 0. The number of amides is 1. The van der Waals surface area contributed by atoms with Crippen molar-refractivity contribution in [2.24, 2.45) is 11.8 Å². The molecule has 0 radical (unpaired) electrons. The molecule has 1 amide bonds. The van der Waals surface area contributed by atoms with Crippen LogP contribution in [0.1, 0.15) is 30.0 Å². The number of rotatable bonds is 2. The average Bonchev–Trinajstić information content (AvgIpc) is 2.89. The molecule has 1 aromatic carbocycles. The Hall–Kier alpha value is -2.04. The molecule has 2 aliphatic heterocycles. The molecule has 2 aliphatic rings. The van der Waals surface area contributed by atoms with E-state index in [2.05, 4.69) is 13.0 Å². The van der Waals surface area contributed by atoms with E-state index in [0.29, 0.717) is 25.9 Å². The zero-order valence-corrected chi connectivity index (χ0v) is 13.8. The summed E-state index contributed by atoms with van der Waals surface area (Å²) >= 11 is 0. The van der Waals surface area contributed by atoms with Gasteiger partial charge in [-0.3, -0.25) is 9.59 Å². The predicted octanol–water partition coefficient (Wildman–Crippen LogP) is 2.18. The van der Waals surface area contributed by atoms with Crippen LogP contribution < -0.4 is 4.74 Å². The van der Waals surface area contributed by atoms with Gasteiger partial charge in [0, 0.05) is 19.5 Å². The fourth-order valence-electron chi connectivity index (χ4n) is 3.57. The number of hydrogen-bond acceptors (Lipinski definition) is 3. The molecule has 0 aliphatic carbocycles. The number of ether oxygens (including phenoxy) is 1. The second kappa shape index (κ2) is 5.87. The lowest BCUT2D eigenvalue weighted by molar-refractivity contribution is -0.150. The Morgan fingerprint density at radius 2 is 1.96 bits per heavy atom. The fourth-order valence-corrected chi connectivity index (χ4v) is 3.57. The largest absolute Gasteiger partial charge is 0.481 e. The quantitative estimate of drug-likeness (QED) is 0.908. The molecule has 3 rings (SSSR count). The number of benzene rings is 1. The van der Waals surface area contributed by atoms with Crippen molar-refractivity contribution >= 4 is 11.9 Å². The molecule has 2 heterocycles. The fraction of sp³-hybridized carbons (Fsp3) is 0.556.